The highest BCUT2D eigenvalue weighted by Gasteiger charge is 2.23. The largest absolute Gasteiger partial charge is 0.466 e. The van der Waals surface area contributed by atoms with E-state index in [4.69, 9.17) is 36.5 Å². The van der Waals surface area contributed by atoms with Crippen LogP contribution in [0.5, 0.6) is 0 Å². The molecule has 0 bridgehead atoms. The molecule has 0 aromatic carbocycles. The highest BCUT2D eigenvalue weighted by Crippen LogP contribution is 2.23. The summed E-state index contributed by atoms with van der Waals surface area (Å²) in [7, 11) is 0. The summed E-state index contributed by atoms with van der Waals surface area (Å²) in [4.78, 5) is 19.0. The molecule has 0 spiro atoms. The summed E-state index contributed by atoms with van der Waals surface area (Å²) >= 11 is 0. The fourth-order valence-corrected chi connectivity index (χ4v) is 3.51. The first-order chi connectivity index (χ1) is 17.8. The first-order valence-electron chi connectivity index (χ1n) is 12.4. The minimum absolute atomic E-state index is 0.180. The molecule has 37 heavy (non-hydrogen) atoms. The Hall–Kier alpha value is -3.10. The molecule has 2 atom stereocenters. The maximum Gasteiger partial charge on any atom is 0.238 e. The van der Waals surface area contributed by atoms with Crippen molar-refractivity contribution in [2.24, 2.45) is 22.9 Å². The number of nitro groups is 2. The molecule has 1 aliphatic rings. The van der Waals surface area contributed by atoms with Crippen LogP contribution in [0.4, 0.5) is 0 Å². The minimum atomic E-state index is -0.612. The molecule has 1 fully saturated rings. The normalized spacial score (nSPS) is 16.6. The monoisotopic (exact) mass is 524 g/mol. The van der Waals surface area contributed by atoms with Gasteiger partial charge in [0.25, 0.3) is 0 Å². The summed E-state index contributed by atoms with van der Waals surface area (Å²) < 4.78 is 16.2. The number of nitrogens with zero attached hydrogens (tertiary/aromatic N) is 2. The molecule has 0 aliphatic carbocycles. The van der Waals surface area contributed by atoms with Crippen LogP contribution < -0.4 is 22.9 Å². The standard InChI is InChI=1S/C8H8N2O5.C8H18N2O.C8H14N2O/c11-9(12)5-3-7-1-2-8(15-7)4-6-10(13)14;2*9-5-3-7-1-2-8(11-7)4-6-10/h1-3,5H,4,6H2;7-8H,1-6,9-10H2;1-2H,3-6,9-10H2/b5-3+;;. The van der Waals surface area contributed by atoms with Crippen LogP contribution in [0.2, 0.25) is 0 Å². The fraction of sp³-hybridized carbons (Fsp3) is 0.583. The van der Waals surface area contributed by atoms with Crippen molar-refractivity contribution in [1.82, 2.24) is 0 Å². The average molecular weight is 525 g/mol. The van der Waals surface area contributed by atoms with E-state index in [0.29, 0.717) is 36.8 Å². The van der Waals surface area contributed by atoms with Gasteiger partial charge in [-0.05, 0) is 76.1 Å². The molecule has 0 saturated carbocycles. The molecule has 8 N–H and O–H groups in total. The summed E-state index contributed by atoms with van der Waals surface area (Å²) in [5, 5.41) is 20.0. The van der Waals surface area contributed by atoms with Gasteiger partial charge in [0, 0.05) is 17.8 Å². The van der Waals surface area contributed by atoms with Crippen molar-refractivity contribution < 1.29 is 23.4 Å². The van der Waals surface area contributed by atoms with Gasteiger partial charge in [0.1, 0.15) is 23.0 Å². The van der Waals surface area contributed by atoms with Gasteiger partial charge in [0.05, 0.1) is 29.6 Å². The number of rotatable bonds is 13. The minimum Gasteiger partial charge on any atom is -0.466 e. The molecule has 2 aromatic rings. The maximum atomic E-state index is 10.1. The first kappa shape index (κ1) is 31.9. The molecule has 3 rings (SSSR count). The first-order valence-corrected chi connectivity index (χ1v) is 12.4. The van der Waals surface area contributed by atoms with Gasteiger partial charge in [-0.25, -0.2) is 0 Å². The lowest BCUT2D eigenvalue weighted by atomic mass is 10.1. The summed E-state index contributed by atoms with van der Waals surface area (Å²) in [6, 6.07) is 6.99. The SMILES string of the molecule is NCCC1CCC(CCN)O1.NCCc1ccc(CCN)o1.O=[N+]([O-])/C=C/c1ccc(CC[N+](=O)[O-])o1. The average Bonchev–Trinajstić information content (AvgIpc) is 3.60. The molecule has 0 amide bonds. The summed E-state index contributed by atoms with van der Waals surface area (Å²) in [5.41, 5.74) is 21.6. The van der Waals surface area contributed by atoms with Gasteiger partial charge in [0.15, 0.2) is 0 Å². The predicted molar refractivity (Wildman–Crippen MR) is 140 cm³/mol. The van der Waals surface area contributed by atoms with Crippen molar-refractivity contribution in [3.05, 3.63) is 73.7 Å². The summed E-state index contributed by atoms with van der Waals surface area (Å²) in [6.07, 6.45) is 8.90. The second kappa shape index (κ2) is 19.1. The van der Waals surface area contributed by atoms with E-state index in [9.17, 15) is 20.2 Å². The van der Waals surface area contributed by atoms with Crippen molar-refractivity contribution >= 4 is 6.08 Å². The van der Waals surface area contributed by atoms with Crippen LogP contribution in [-0.2, 0) is 24.0 Å². The van der Waals surface area contributed by atoms with Crippen molar-refractivity contribution in [1.29, 1.82) is 0 Å². The van der Waals surface area contributed by atoms with E-state index < -0.39 is 9.85 Å². The zero-order valence-electron chi connectivity index (χ0n) is 21.2. The third kappa shape index (κ3) is 14.9. The number of hydrogen-bond donors (Lipinski definition) is 4. The Labute approximate surface area is 216 Å². The van der Waals surface area contributed by atoms with Crippen LogP contribution in [0.3, 0.4) is 0 Å². The zero-order valence-corrected chi connectivity index (χ0v) is 21.2. The molecule has 13 heteroatoms. The molecule has 1 aliphatic heterocycles. The van der Waals surface area contributed by atoms with Gasteiger partial charge in [-0.2, -0.15) is 0 Å². The van der Waals surface area contributed by atoms with Crippen molar-refractivity contribution in [2.45, 2.75) is 57.2 Å². The van der Waals surface area contributed by atoms with Gasteiger partial charge in [0.2, 0.25) is 12.7 Å². The maximum absolute atomic E-state index is 10.1. The molecule has 3 heterocycles. The van der Waals surface area contributed by atoms with E-state index in [1.165, 1.54) is 25.0 Å². The lowest BCUT2D eigenvalue weighted by molar-refractivity contribution is -0.479. The third-order valence-corrected chi connectivity index (χ3v) is 5.26. The van der Waals surface area contributed by atoms with Gasteiger partial charge >= 0.3 is 0 Å². The second-order valence-electron chi connectivity index (χ2n) is 8.27. The molecule has 1 saturated heterocycles. The van der Waals surface area contributed by atoms with Gasteiger partial charge in [-0.3, -0.25) is 20.2 Å². The second-order valence-corrected chi connectivity index (χ2v) is 8.27. The van der Waals surface area contributed by atoms with Crippen LogP contribution in [0.25, 0.3) is 6.08 Å². The third-order valence-electron chi connectivity index (χ3n) is 5.26. The molecular formula is C24H40N6O7. The predicted octanol–water partition coefficient (Wildman–Crippen LogP) is 1.86. The topological polar surface area (TPSA) is 226 Å². The Morgan fingerprint density at radius 1 is 0.784 bits per heavy atom. The van der Waals surface area contributed by atoms with Gasteiger partial charge in [-0.1, -0.05) is 0 Å². The molecule has 0 radical (unpaired) electrons. The van der Waals surface area contributed by atoms with E-state index in [1.54, 1.807) is 6.07 Å². The lowest BCUT2D eigenvalue weighted by Crippen LogP contribution is -2.17. The summed E-state index contributed by atoms with van der Waals surface area (Å²) in [5.74, 6) is 2.66. The van der Waals surface area contributed by atoms with E-state index >= 15 is 0 Å². The fourth-order valence-electron chi connectivity index (χ4n) is 3.51. The van der Waals surface area contributed by atoms with Crippen LogP contribution in [0.15, 0.2) is 39.3 Å². The molecule has 208 valence electrons. The van der Waals surface area contributed by atoms with E-state index in [1.807, 2.05) is 12.1 Å². The Morgan fingerprint density at radius 2 is 1.30 bits per heavy atom. The Bertz CT molecular complexity index is 898. The van der Waals surface area contributed by atoms with Crippen LogP contribution in [0, 0.1) is 20.2 Å². The molecule has 13 nitrogen and oxygen atoms in total. The summed E-state index contributed by atoms with van der Waals surface area (Å²) in [6.45, 7) is 2.52. The molecule has 2 unspecified atom stereocenters. The Morgan fingerprint density at radius 3 is 1.76 bits per heavy atom. The quantitative estimate of drug-likeness (QED) is 0.218. The van der Waals surface area contributed by atoms with Crippen LogP contribution in [-0.4, -0.2) is 54.8 Å². The van der Waals surface area contributed by atoms with E-state index in [0.717, 1.165) is 56.5 Å². The van der Waals surface area contributed by atoms with Crippen LogP contribution >= 0.6 is 0 Å². The molecule has 2 aromatic heterocycles. The highest BCUT2D eigenvalue weighted by atomic mass is 16.6. The number of furan rings is 2. The zero-order chi connectivity index (χ0) is 27.5. The van der Waals surface area contributed by atoms with E-state index in [2.05, 4.69) is 0 Å². The number of ether oxygens (including phenoxy) is 1. The smallest absolute Gasteiger partial charge is 0.238 e. The van der Waals surface area contributed by atoms with Crippen molar-refractivity contribution in [3.8, 4) is 0 Å². The van der Waals surface area contributed by atoms with E-state index in [-0.39, 0.29) is 13.0 Å². The van der Waals surface area contributed by atoms with Crippen LogP contribution in [0.1, 0.15) is 48.7 Å². The Balaban J connectivity index is 0.000000283. The van der Waals surface area contributed by atoms with Crippen molar-refractivity contribution in [2.75, 3.05) is 32.7 Å². The number of nitrogens with two attached hydrogens (primary N) is 4. The van der Waals surface area contributed by atoms with Gasteiger partial charge in [-0.15, -0.1) is 0 Å². The Kier molecular flexibility index (Phi) is 16.5. The van der Waals surface area contributed by atoms with Gasteiger partial charge < -0.3 is 36.5 Å². The van der Waals surface area contributed by atoms with Crippen molar-refractivity contribution in [3.63, 3.8) is 0 Å². The lowest BCUT2D eigenvalue weighted by Gasteiger charge is -2.11. The highest BCUT2D eigenvalue weighted by molar-refractivity contribution is 5.41. The number of hydrogen-bond acceptors (Lipinski definition) is 11. The molecular weight excluding hydrogens is 484 g/mol.